The molecule has 1 fully saturated rings. The van der Waals surface area contributed by atoms with Crippen molar-refractivity contribution in [2.24, 2.45) is 16.9 Å². The van der Waals surface area contributed by atoms with Gasteiger partial charge in [-0.3, -0.25) is 9.59 Å². The molecule has 1 saturated carbocycles. The Bertz CT molecular complexity index is 537. The van der Waals surface area contributed by atoms with Crippen molar-refractivity contribution < 1.29 is 9.59 Å². The van der Waals surface area contributed by atoms with E-state index in [1.165, 1.54) is 0 Å². The van der Waals surface area contributed by atoms with Gasteiger partial charge >= 0.3 is 0 Å². The summed E-state index contributed by atoms with van der Waals surface area (Å²) < 4.78 is 0. The lowest BCUT2D eigenvalue weighted by atomic mass is 9.84. The van der Waals surface area contributed by atoms with Crippen LogP contribution in [-0.2, 0) is 9.59 Å². The Kier molecular flexibility index (Phi) is 11.6. The van der Waals surface area contributed by atoms with E-state index < -0.39 is 5.41 Å². The van der Waals surface area contributed by atoms with Gasteiger partial charge in [0.1, 0.15) is 0 Å². The number of carbonyl (C=O) groups is 2. The summed E-state index contributed by atoms with van der Waals surface area (Å²) in [6.45, 7) is 8.33. The van der Waals surface area contributed by atoms with Gasteiger partial charge in [-0.15, -0.1) is 0 Å². The van der Waals surface area contributed by atoms with Crippen molar-refractivity contribution in [2.75, 3.05) is 13.6 Å². The van der Waals surface area contributed by atoms with Crippen molar-refractivity contribution in [3.63, 3.8) is 0 Å². The zero-order chi connectivity index (χ0) is 20.2. The number of allylic oxidation sites excluding steroid dienone is 5. The number of nitrogens with zero attached hydrogens (tertiary/aromatic N) is 1. The summed E-state index contributed by atoms with van der Waals surface area (Å²) in [6.07, 6.45) is 13.6. The molecule has 4 N–H and O–H groups in total. The average Bonchev–Trinajstić information content (AvgIpc) is 3.05. The Labute approximate surface area is 159 Å². The van der Waals surface area contributed by atoms with Crippen LogP contribution >= 0.6 is 0 Å². The van der Waals surface area contributed by atoms with Crippen LogP contribution in [0.5, 0.6) is 0 Å². The van der Waals surface area contributed by atoms with Gasteiger partial charge in [0, 0.05) is 25.7 Å². The van der Waals surface area contributed by atoms with Gasteiger partial charge < -0.3 is 16.4 Å². The van der Waals surface area contributed by atoms with Gasteiger partial charge in [-0.05, 0) is 43.8 Å². The Morgan fingerprint density at radius 1 is 1.27 bits per heavy atom. The second-order valence-corrected chi connectivity index (χ2v) is 6.36. The Morgan fingerprint density at radius 3 is 2.38 bits per heavy atom. The number of amides is 2. The summed E-state index contributed by atoms with van der Waals surface area (Å²) in [5.74, 6) is -0.483. The van der Waals surface area contributed by atoms with Crippen LogP contribution in [0.15, 0.2) is 36.0 Å². The highest BCUT2D eigenvalue weighted by Gasteiger charge is 2.44. The number of rotatable bonds is 5. The minimum atomic E-state index is -0.679. The van der Waals surface area contributed by atoms with Gasteiger partial charge in [0.25, 0.3) is 0 Å². The molecule has 0 spiro atoms. The van der Waals surface area contributed by atoms with E-state index in [2.05, 4.69) is 12.2 Å². The quantitative estimate of drug-likeness (QED) is 0.734. The normalized spacial score (nSPS) is 24.1. The molecule has 2 aliphatic rings. The smallest absolute Gasteiger partial charge is 0.246 e. The second-order valence-electron chi connectivity index (χ2n) is 6.36. The topological polar surface area (TPSA) is 89.4 Å². The molecular weight excluding hydrogens is 326 g/mol. The SMILES string of the molecule is CC.CC.CN(C[C@]1(C(N)=O)CCC(N)C1)C(=O)/C=C/C1=CCCC=C1. The summed E-state index contributed by atoms with van der Waals surface area (Å²) in [5, 5.41) is 0. The van der Waals surface area contributed by atoms with E-state index in [1.54, 1.807) is 18.0 Å². The van der Waals surface area contributed by atoms with Crippen molar-refractivity contribution in [1.29, 1.82) is 0 Å². The molecule has 1 unspecified atom stereocenters. The Morgan fingerprint density at radius 2 is 1.92 bits per heavy atom. The van der Waals surface area contributed by atoms with Crippen molar-refractivity contribution in [3.8, 4) is 0 Å². The maximum atomic E-state index is 12.2. The van der Waals surface area contributed by atoms with Gasteiger partial charge in [0.2, 0.25) is 11.8 Å². The van der Waals surface area contributed by atoms with E-state index in [9.17, 15) is 9.59 Å². The highest BCUT2D eigenvalue weighted by atomic mass is 16.2. The molecule has 5 nitrogen and oxygen atoms in total. The first-order chi connectivity index (χ1) is 12.4. The summed E-state index contributed by atoms with van der Waals surface area (Å²) in [6, 6.07) is -0.0101. The first kappa shape index (κ1) is 24.1. The lowest BCUT2D eigenvalue weighted by Gasteiger charge is -2.30. The molecule has 2 atom stereocenters. The van der Waals surface area contributed by atoms with Gasteiger partial charge in [0.15, 0.2) is 0 Å². The molecule has 0 bridgehead atoms. The molecule has 0 aromatic carbocycles. The fourth-order valence-electron chi connectivity index (χ4n) is 3.20. The van der Waals surface area contributed by atoms with Crippen LogP contribution in [0.1, 0.15) is 59.8 Å². The summed E-state index contributed by atoms with van der Waals surface area (Å²) in [7, 11) is 1.70. The third kappa shape index (κ3) is 7.16. The summed E-state index contributed by atoms with van der Waals surface area (Å²) in [5.41, 5.74) is 11.8. The molecule has 2 amide bonds. The molecule has 0 saturated heterocycles. The first-order valence-corrected chi connectivity index (χ1v) is 9.78. The summed E-state index contributed by atoms with van der Waals surface area (Å²) in [4.78, 5) is 25.6. The number of primary amides is 1. The van der Waals surface area contributed by atoms with Gasteiger partial charge in [-0.2, -0.15) is 0 Å². The number of carbonyl (C=O) groups excluding carboxylic acids is 2. The van der Waals surface area contributed by atoms with Crippen molar-refractivity contribution in [2.45, 2.75) is 65.8 Å². The van der Waals surface area contributed by atoms with E-state index in [4.69, 9.17) is 11.5 Å². The van der Waals surface area contributed by atoms with Crippen LogP contribution in [0.4, 0.5) is 0 Å². The van der Waals surface area contributed by atoms with E-state index >= 15 is 0 Å². The minimum Gasteiger partial charge on any atom is -0.369 e. The van der Waals surface area contributed by atoms with Crippen LogP contribution in [0.2, 0.25) is 0 Å². The lowest BCUT2D eigenvalue weighted by Crippen LogP contribution is -2.46. The highest BCUT2D eigenvalue weighted by molar-refractivity contribution is 5.89. The van der Waals surface area contributed by atoms with Gasteiger partial charge in [-0.1, -0.05) is 45.9 Å². The van der Waals surface area contributed by atoms with E-state index in [1.807, 2.05) is 39.8 Å². The van der Waals surface area contributed by atoms with Crippen LogP contribution in [0.25, 0.3) is 0 Å². The second kappa shape index (κ2) is 12.5. The molecule has 148 valence electrons. The van der Waals surface area contributed by atoms with Crippen LogP contribution in [-0.4, -0.2) is 36.3 Å². The number of nitrogens with two attached hydrogens (primary N) is 2. The minimum absolute atomic E-state index is 0.0101. The van der Waals surface area contributed by atoms with Crippen molar-refractivity contribution in [1.82, 2.24) is 4.90 Å². The molecule has 0 aliphatic heterocycles. The zero-order valence-corrected chi connectivity index (χ0v) is 17.1. The largest absolute Gasteiger partial charge is 0.369 e. The Hall–Kier alpha value is -1.88. The zero-order valence-electron chi connectivity index (χ0n) is 17.1. The predicted octanol–water partition coefficient (Wildman–Crippen LogP) is 3.31. The Balaban J connectivity index is 0.00000146. The van der Waals surface area contributed by atoms with Crippen LogP contribution < -0.4 is 11.5 Å². The third-order valence-electron chi connectivity index (χ3n) is 4.53. The van der Waals surface area contributed by atoms with E-state index in [-0.39, 0.29) is 17.9 Å². The number of hydrogen-bond acceptors (Lipinski definition) is 3. The number of hydrogen-bond donors (Lipinski definition) is 2. The lowest BCUT2D eigenvalue weighted by molar-refractivity contribution is -0.132. The maximum Gasteiger partial charge on any atom is 0.246 e. The summed E-state index contributed by atoms with van der Waals surface area (Å²) >= 11 is 0. The van der Waals surface area contributed by atoms with E-state index in [0.717, 1.165) is 24.8 Å². The van der Waals surface area contributed by atoms with E-state index in [0.29, 0.717) is 19.4 Å². The standard InChI is InChI=1S/C17H25N3O2.2C2H6/c1-20(12-17(16(19)22)10-9-14(18)11-17)15(21)8-7-13-5-3-2-4-6-13;2*1-2/h3,5-8,14H,2,4,9-12,18H2,1H3,(H2,19,22);2*1-2H3/b8-7+;;/t14?,17-;;/m0../s1. The molecule has 26 heavy (non-hydrogen) atoms. The van der Waals surface area contributed by atoms with Crippen molar-refractivity contribution in [3.05, 3.63) is 36.0 Å². The number of likely N-dealkylation sites (N-methyl/N-ethyl adjacent to an activating group) is 1. The van der Waals surface area contributed by atoms with Gasteiger partial charge in [0.05, 0.1) is 5.41 Å². The fourth-order valence-corrected chi connectivity index (χ4v) is 3.20. The highest BCUT2D eigenvalue weighted by Crippen LogP contribution is 2.37. The molecule has 0 radical (unpaired) electrons. The molecule has 0 aromatic rings. The first-order valence-electron chi connectivity index (χ1n) is 9.78. The molecular formula is C21H37N3O2. The predicted molar refractivity (Wildman–Crippen MR) is 109 cm³/mol. The van der Waals surface area contributed by atoms with Crippen LogP contribution in [0.3, 0.4) is 0 Å². The van der Waals surface area contributed by atoms with Crippen molar-refractivity contribution >= 4 is 11.8 Å². The fraction of sp³-hybridized carbons (Fsp3) is 0.619. The maximum absolute atomic E-state index is 12.2. The average molecular weight is 364 g/mol. The molecule has 0 heterocycles. The van der Waals surface area contributed by atoms with Crippen LogP contribution in [0, 0.1) is 5.41 Å². The van der Waals surface area contributed by atoms with Gasteiger partial charge in [-0.25, -0.2) is 0 Å². The molecule has 2 rings (SSSR count). The third-order valence-corrected chi connectivity index (χ3v) is 4.53. The molecule has 2 aliphatic carbocycles. The molecule has 0 aromatic heterocycles. The monoisotopic (exact) mass is 363 g/mol. The molecule has 5 heteroatoms.